The zero-order valence-corrected chi connectivity index (χ0v) is 15.7. The Morgan fingerprint density at radius 3 is 2.57 bits per heavy atom. The van der Waals surface area contributed by atoms with Crippen molar-refractivity contribution in [2.45, 2.75) is 50.7 Å². The fraction of sp³-hybridized carbons (Fsp3) is 0.647. The van der Waals surface area contributed by atoms with Gasteiger partial charge < -0.3 is 5.32 Å². The Balaban J connectivity index is 2.47. The Morgan fingerprint density at radius 2 is 1.96 bits per heavy atom. The van der Waals surface area contributed by atoms with Gasteiger partial charge in [-0.15, -0.1) is 0 Å². The molecule has 130 valence electrons. The zero-order valence-electron chi connectivity index (χ0n) is 14.2. The molecule has 2 rings (SSSR count). The maximum absolute atomic E-state index is 12.8. The fourth-order valence-electron chi connectivity index (χ4n) is 3.15. The van der Waals surface area contributed by atoms with Gasteiger partial charge in [0.25, 0.3) is 0 Å². The van der Waals surface area contributed by atoms with Crippen LogP contribution in [0.5, 0.6) is 0 Å². The molecule has 0 bridgehead atoms. The highest BCUT2D eigenvalue weighted by molar-refractivity contribution is 7.90. The van der Waals surface area contributed by atoms with Crippen LogP contribution in [0, 0.1) is 0 Å². The second-order valence-corrected chi connectivity index (χ2v) is 9.36. The van der Waals surface area contributed by atoms with Gasteiger partial charge in [-0.1, -0.05) is 30.7 Å². The molecule has 0 radical (unpaired) electrons. The summed E-state index contributed by atoms with van der Waals surface area (Å²) in [7, 11) is -3.48. The molecule has 1 aromatic carbocycles. The topological polar surface area (TPSA) is 58.2 Å². The summed E-state index contributed by atoms with van der Waals surface area (Å²) in [4.78, 5) is 0. The number of hydrogen-bond acceptors (Lipinski definition) is 3. The van der Waals surface area contributed by atoms with Crippen molar-refractivity contribution >= 4 is 21.6 Å². The third-order valence-corrected chi connectivity index (χ3v) is 7.14. The van der Waals surface area contributed by atoms with E-state index in [4.69, 9.17) is 11.6 Å². The van der Waals surface area contributed by atoms with Gasteiger partial charge in [0.15, 0.2) is 0 Å². The molecule has 6 heteroatoms. The van der Waals surface area contributed by atoms with E-state index in [2.05, 4.69) is 10.0 Å². The molecule has 1 aliphatic heterocycles. The van der Waals surface area contributed by atoms with Crippen molar-refractivity contribution in [3.63, 3.8) is 0 Å². The van der Waals surface area contributed by atoms with E-state index in [0.717, 1.165) is 43.5 Å². The highest BCUT2D eigenvalue weighted by atomic mass is 35.5. The number of hydrogen-bond donors (Lipinski definition) is 2. The summed E-state index contributed by atoms with van der Waals surface area (Å²) in [5, 5.41) is 4.02. The number of sulfonamides is 1. The molecule has 1 aromatic rings. The molecule has 0 aromatic heterocycles. The SMILES string of the molecule is CCCNS(=O)(=O)C(C)(C)c1cccc(Cl)c1C1CCNCC1. The van der Waals surface area contributed by atoms with E-state index in [1.165, 1.54) is 0 Å². The number of halogens is 1. The molecule has 0 aliphatic carbocycles. The number of piperidine rings is 1. The standard InChI is InChI=1S/C17H27ClN2O2S/c1-4-10-20-23(21,22)17(2,3)14-6-5-7-15(18)16(14)13-8-11-19-12-9-13/h5-7,13,19-20H,4,8-12H2,1-3H3. The van der Waals surface area contributed by atoms with E-state index in [0.29, 0.717) is 17.5 Å². The first kappa shape index (κ1) is 18.7. The van der Waals surface area contributed by atoms with Crippen LogP contribution in [-0.2, 0) is 14.8 Å². The molecule has 0 saturated carbocycles. The van der Waals surface area contributed by atoms with Crippen molar-refractivity contribution in [1.29, 1.82) is 0 Å². The Morgan fingerprint density at radius 1 is 1.30 bits per heavy atom. The third kappa shape index (κ3) is 3.90. The van der Waals surface area contributed by atoms with Crippen LogP contribution in [0.15, 0.2) is 18.2 Å². The monoisotopic (exact) mass is 358 g/mol. The quantitative estimate of drug-likeness (QED) is 0.819. The van der Waals surface area contributed by atoms with Crippen molar-refractivity contribution < 1.29 is 8.42 Å². The fourth-order valence-corrected chi connectivity index (χ4v) is 4.78. The first-order valence-corrected chi connectivity index (χ1v) is 10.2. The van der Waals surface area contributed by atoms with Crippen LogP contribution in [0.4, 0.5) is 0 Å². The van der Waals surface area contributed by atoms with Crippen molar-refractivity contribution in [1.82, 2.24) is 10.0 Å². The van der Waals surface area contributed by atoms with Crippen LogP contribution in [0.25, 0.3) is 0 Å². The number of rotatable bonds is 6. The summed E-state index contributed by atoms with van der Waals surface area (Å²) in [5.41, 5.74) is 1.82. The molecule has 0 atom stereocenters. The van der Waals surface area contributed by atoms with E-state index >= 15 is 0 Å². The van der Waals surface area contributed by atoms with Gasteiger partial charge in [-0.25, -0.2) is 13.1 Å². The van der Waals surface area contributed by atoms with Gasteiger partial charge in [-0.05, 0) is 69.3 Å². The minimum absolute atomic E-state index is 0.306. The Kier molecular flexibility index (Phi) is 6.11. The Labute approximate surface area is 145 Å². The smallest absolute Gasteiger partial charge is 0.221 e. The first-order valence-electron chi connectivity index (χ1n) is 8.30. The lowest BCUT2D eigenvalue weighted by molar-refractivity contribution is 0.454. The van der Waals surface area contributed by atoms with Crippen LogP contribution in [0.1, 0.15) is 57.1 Å². The maximum atomic E-state index is 12.8. The summed E-state index contributed by atoms with van der Waals surface area (Å²) >= 11 is 6.49. The minimum atomic E-state index is -3.48. The molecular weight excluding hydrogens is 332 g/mol. The largest absolute Gasteiger partial charge is 0.317 e. The van der Waals surface area contributed by atoms with E-state index in [-0.39, 0.29) is 0 Å². The number of nitrogens with one attached hydrogen (secondary N) is 2. The van der Waals surface area contributed by atoms with Gasteiger partial charge >= 0.3 is 0 Å². The molecular formula is C17H27ClN2O2S. The Bertz CT molecular complexity index is 638. The first-order chi connectivity index (χ1) is 10.8. The molecule has 4 nitrogen and oxygen atoms in total. The lowest BCUT2D eigenvalue weighted by atomic mass is 9.83. The van der Waals surface area contributed by atoms with Crippen molar-refractivity contribution in [2.75, 3.05) is 19.6 Å². The molecule has 1 saturated heterocycles. The lowest BCUT2D eigenvalue weighted by Gasteiger charge is -2.32. The van der Waals surface area contributed by atoms with E-state index in [1.54, 1.807) is 13.8 Å². The molecule has 1 fully saturated rings. The van der Waals surface area contributed by atoms with E-state index in [1.807, 2.05) is 25.1 Å². The molecule has 0 amide bonds. The highest BCUT2D eigenvalue weighted by Crippen LogP contribution is 2.41. The second-order valence-electron chi connectivity index (χ2n) is 6.63. The summed E-state index contributed by atoms with van der Waals surface area (Å²) in [6.07, 6.45) is 2.73. The minimum Gasteiger partial charge on any atom is -0.317 e. The van der Waals surface area contributed by atoms with Gasteiger partial charge in [0.2, 0.25) is 10.0 Å². The number of benzene rings is 1. The summed E-state index contributed by atoms with van der Waals surface area (Å²) in [5.74, 6) is 0.306. The second kappa shape index (κ2) is 7.51. The normalized spacial score (nSPS) is 17.4. The molecule has 0 spiro atoms. The summed E-state index contributed by atoms with van der Waals surface area (Å²) in [6, 6.07) is 5.62. The van der Waals surface area contributed by atoms with Crippen LogP contribution in [0.2, 0.25) is 5.02 Å². The average molecular weight is 359 g/mol. The zero-order chi connectivity index (χ0) is 17.1. The van der Waals surface area contributed by atoms with Crippen LogP contribution in [0.3, 0.4) is 0 Å². The predicted molar refractivity (Wildman–Crippen MR) is 96.5 cm³/mol. The maximum Gasteiger partial charge on any atom is 0.221 e. The van der Waals surface area contributed by atoms with Crippen molar-refractivity contribution in [3.05, 3.63) is 34.3 Å². The highest BCUT2D eigenvalue weighted by Gasteiger charge is 2.39. The third-order valence-electron chi connectivity index (χ3n) is 4.66. The summed E-state index contributed by atoms with van der Waals surface area (Å²) in [6.45, 7) is 7.82. The van der Waals surface area contributed by atoms with E-state index in [9.17, 15) is 8.42 Å². The summed E-state index contributed by atoms with van der Waals surface area (Å²) < 4.78 is 27.3. The molecule has 2 N–H and O–H groups in total. The average Bonchev–Trinajstić information content (AvgIpc) is 2.53. The van der Waals surface area contributed by atoms with Crippen LogP contribution in [-0.4, -0.2) is 28.1 Å². The Hall–Kier alpha value is -0.620. The van der Waals surface area contributed by atoms with Gasteiger partial charge in [-0.3, -0.25) is 0 Å². The lowest BCUT2D eigenvalue weighted by Crippen LogP contribution is -2.41. The molecule has 0 unspecified atom stereocenters. The van der Waals surface area contributed by atoms with E-state index < -0.39 is 14.8 Å². The van der Waals surface area contributed by atoms with Gasteiger partial charge in [0.05, 0.1) is 0 Å². The predicted octanol–water partition coefficient (Wildman–Crippen LogP) is 3.37. The van der Waals surface area contributed by atoms with Gasteiger partial charge in [-0.2, -0.15) is 0 Å². The molecule has 1 aliphatic rings. The van der Waals surface area contributed by atoms with Crippen molar-refractivity contribution in [2.24, 2.45) is 0 Å². The van der Waals surface area contributed by atoms with Gasteiger partial charge in [0, 0.05) is 11.6 Å². The molecule has 1 heterocycles. The van der Waals surface area contributed by atoms with Crippen LogP contribution >= 0.6 is 11.6 Å². The van der Waals surface area contributed by atoms with Gasteiger partial charge in [0.1, 0.15) is 4.75 Å². The van der Waals surface area contributed by atoms with Crippen LogP contribution < -0.4 is 10.0 Å². The van der Waals surface area contributed by atoms with Crippen molar-refractivity contribution in [3.8, 4) is 0 Å². The molecule has 23 heavy (non-hydrogen) atoms.